The quantitative estimate of drug-likeness (QED) is 0.845. The van der Waals surface area contributed by atoms with Gasteiger partial charge in [-0.05, 0) is 13.8 Å². The molecule has 0 radical (unpaired) electrons. The van der Waals surface area contributed by atoms with Crippen LogP contribution in [0.4, 0.5) is 5.82 Å². The summed E-state index contributed by atoms with van der Waals surface area (Å²) in [5.74, 6) is 1.90. The highest BCUT2D eigenvalue weighted by atomic mass is 16.2. The lowest BCUT2D eigenvalue weighted by molar-refractivity contribution is -0.135. The van der Waals surface area contributed by atoms with Crippen LogP contribution in [0.5, 0.6) is 0 Å². The highest BCUT2D eigenvalue weighted by molar-refractivity contribution is 5.78. The summed E-state index contributed by atoms with van der Waals surface area (Å²) in [6, 6.07) is 10.4. The fraction of sp³-hybridized carbons (Fsp3) is 0.476. The van der Waals surface area contributed by atoms with Gasteiger partial charge in [0.25, 0.3) is 0 Å². The largest absolute Gasteiger partial charge is 0.357 e. The summed E-state index contributed by atoms with van der Waals surface area (Å²) in [4.78, 5) is 26.3. The molecule has 26 heavy (non-hydrogen) atoms. The first kappa shape index (κ1) is 18.4. The van der Waals surface area contributed by atoms with E-state index in [2.05, 4.69) is 25.8 Å². The van der Waals surface area contributed by atoms with Crippen LogP contribution in [0.25, 0.3) is 11.4 Å². The van der Waals surface area contributed by atoms with Gasteiger partial charge in [0, 0.05) is 43.1 Å². The van der Waals surface area contributed by atoms with E-state index in [4.69, 9.17) is 9.97 Å². The molecule has 2 aromatic rings. The van der Waals surface area contributed by atoms with Gasteiger partial charge in [0.2, 0.25) is 5.91 Å². The summed E-state index contributed by atoms with van der Waals surface area (Å²) in [5.41, 5.74) is 3.17. The minimum atomic E-state index is 0.00680. The zero-order valence-electron chi connectivity index (χ0n) is 16.4. The third-order valence-corrected chi connectivity index (χ3v) is 4.98. The van der Waals surface area contributed by atoms with Crippen LogP contribution in [0.1, 0.15) is 39.0 Å². The number of fused-ring (bicyclic) bond motifs is 1. The van der Waals surface area contributed by atoms with Crippen molar-refractivity contribution < 1.29 is 4.79 Å². The predicted molar refractivity (Wildman–Crippen MR) is 105 cm³/mol. The Morgan fingerprint density at radius 3 is 2.42 bits per heavy atom. The van der Waals surface area contributed by atoms with Crippen molar-refractivity contribution in [1.82, 2.24) is 14.9 Å². The van der Waals surface area contributed by atoms with E-state index in [0.717, 1.165) is 41.4 Å². The summed E-state index contributed by atoms with van der Waals surface area (Å²) in [7, 11) is 2.06. The number of amides is 1. The zero-order valence-corrected chi connectivity index (χ0v) is 16.4. The van der Waals surface area contributed by atoms with Crippen LogP contribution in [0.15, 0.2) is 30.3 Å². The molecule has 0 fully saturated rings. The number of aromatic nitrogens is 2. The van der Waals surface area contributed by atoms with Gasteiger partial charge in [-0.3, -0.25) is 4.79 Å². The van der Waals surface area contributed by atoms with Gasteiger partial charge in [0.15, 0.2) is 5.82 Å². The number of rotatable bonds is 4. The van der Waals surface area contributed by atoms with Gasteiger partial charge in [0.1, 0.15) is 5.82 Å². The molecule has 1 amide bonds. The molecule has 1 aromatic carbocycles. The molecule has 1 aromatic heterocycles. The van der Waals surface area contributed by atoms with E-state index in [1.807, 2.05) is 49.1 Å². The Bertz CT molecular complexity index is 786. The molecule has 5 heteroatoms. The molecule has 0 spiro atoms. The van der Waals surface area contributed by atoms with Gasteiger partial charge >= 0.3 is 0 Å². The maximum absolute atomic E-state index is 12.5. The number of nitrogens with zero attached hydrogens (tertiary/aromatic N) is 4. The molecule has 1 aliphatic rings. The summed E-state index contributed by atoms with van der Waals surface area (Å²) < 4.78 is 0. The van der Waals surface area contributed by atoms with Gasteiger partial charge in [-0.15, -0.1) is 0 Å². The molecule has 2 heterocycles. The van der Waals surface area contributed by atoms with Crippen LogP contribution in [0, 0.1) is 5.92 Å². The fourth-order valence-electron chi connectivity index (χ4n) is 3.20. The number of hydrogen-bond donors (Lipinski definition) is 0. The average Bonchev–Trinajstić information content (AvgIpc) is 2.66. The van der Waals surface area contributed by atoms with Crippen LogP contribution in [0.2, 0.25) is 0 Å². The second-order valence-electron chi connectivity index (χ2n) is 7.53. The summed E-state index contributed by atoms with van der Waals surface area (Å²) >= 11 is 0. The van der Waals surface area contributed by atoms with Gasteiger partial charge < -0.3 is 9.80 Å². The van der Waals surface area contributed by atoms with Crippen molar-refractivity contribution in [3.63, 3.8) is 0 Å². The highest BCUT2D eigenvalue weighted by Gasteiger charge is 2.28. The third-order valence-electron chi connectivity index (χ3n) is 4.98. The lowest BCUT2D eigenvalue weighted by Crippen LogP contribution is -2.40. The van der Waals surface area contributed by atoms with E-state index < -0.39 is 0 Å². The van der Waals surface area contributed by atoms with E-state index >= 15 is 0 Å². The van der Waals surface area contributed by atoms with E-state index in [1.165, 1.54) is 0 Å². The summed E-state index contributed by atoms with van der Waals surface area (Å²) in [6.07, 6.45) is 0.773. The number of anilines is 1. The molecule has 0 saturated carbocycles. The molecule has 138 valence electrons. The molecule has 0 aliphatic carbocycles. The molecular weight excluding hydrogens is 324 g/mol. The number of carbonyl (C=O) groups excluding carboxylic acids is 1. The third kappa shape index (κ3) is 3.57. The van der Waals surface area contributed by atoms with Gasteiger partial charge in [-0.25, -0.2) is 9.97 Å². The van der Waals surface area contributed by atoms with Crippen LogP contribution in [-0.2, 0) is 17.8 Å². The smallest absolute Gasteiger partial charge is 0.225 e. The van der Waals surface area contributed by atoms with Gasteiger partial charge in [-0.2, -0.15) is 0 Å². The minimum absolute atomic E-state index is 0.00680. The van der Waals surface area contributed by atoms with Crippen molar-refractivity contribution in [3.8, 4) is 11.4 Å². The van der Waals surface area contributed by atoms with Crippen molar-refractivity contribution in [2.75, 3.05) is 18.5 Å². The highest BCUT2D eigenvalue weighted by Crippen LogP contribution is 2.30. The number of hydrogen-bond acceptors (Lipinski definition) is 4. The summed E-state index contributed by atoms with van der Waals surface area (Å²) in [5, 5.41) is 0. The molecule has 3 rings (SSSR count). The zero-order chi connectivity index (χ0) is 18.8. The lowest BCUT2D eigenvalue weighted by Gasteiger charge is -2.34. The Morgan fingerprint density at radius 1 is 1.12 bits per heavy atom. The molecule has 0 unspecified atom stereocenters. The Hall–Kier alpha value is -2.43. The maximum Gasteiger partial charge on any atom is 0.225 e. The van der Waals surface area contributed by atoms with Crippen molar-refractivity contribution in [3.05, 3.63) is 41.6 Å². The van der Waals surface area contributed by atoms with Crippen LogP contribution in [-0.4, -0.2) is 40.4 Å². The Labute approximate surface area is 156 Å². The van der Waals surface area contributed by atoms with Crippen molar-refractivity contribution in [2.24, 2.45) is 5.92 Å². The van der Waals surface area contributed by atoms with Gasteiger partial charge in [0.05, 0.1) is 12.2 Å². The van der Waals surface area contributed by atoms with Gasteiger partial charge in [-0.1, -0.05) is 44.2 Å². The van der Waals surface area contributed by atoms with E-state index in [1.54, 1.807) is 0 Å². The van der Waals surface area contributed by atoms with Crippen molar-refractivity contribution >= 4 is 11.7 Å². The van der Waals surface area contributed by atoms with Crippen LogP contribution >= 0.6 is 0 Å². The van der Waals surface area contributed by atoms with Crippen LogP contribution in [0.3, 0.4) is 0 Å². The van der Waals surface area contributed by atoms with E-state index in [9.17, 15) is 4.79 Å². The minimum Gasteiger partial charge on any atom is -0.357 e. The molecule has 0 bridgehead atoms. The predicted octanol–water partition coefficient (Wildman–Crippen LogP) is 3.53. The van der Waals surface area contributed by atoms with E-state index in [-0.39, 0.29) is 11.8 Å². The Morgan fingerprint density at radius 2 is 1.81 bits per heavy atom. The van der Waals surface area contributed by atoms with E-state index in [0.29, 0.717) is 12.6 Å². The maximum atomic E-state index is 12.5. The number of benzene rings is 1. The lowest BCUT2D eigenvalue weighted by atomic mass is 10.0. The number of carbonyl (C=O) groups is 1. The molecule has 0 N–H and O–H groups in total. The summed E-state index contributed by atoms with van der Waals surface area (Å²) in [6.45, 7) is 9.52. The topological polar surface area (TPSA) is 49.3 Å². The van der Waals surface area contributed by atoms with Crippen LogP contribution < -0.4 is 4.90 Å². The molecular formula is C21H28N4O. The molecule has 1 aliphatic heterocycles. The first-order valence-electron chi connectivity index (χ1n) is 9.35. The SMILES string of the molecule is CC(C)C(=O)N1CCc2nc(-c3ccccc3)nc(N(C)C(C)C)c2C1. The molecule has 0 saturated heterocycles. The monoisotopic (exact) mass is 352 g/mol. The second kappa shape index (κ2) is 7.44. The first-order chi connectivity index (χ1) is 12.4. The standard InChI is InChI=1S/C21H28N4O/c1-14(2)21(26)25-12-11-18-17(13-25)20(24(5)15(3)4)23-19(22-18)16-9-7-6-8-10-16/h6-10,14-15H,11-13H2,1-5H3. The second-order valence-corrected chi connectivity index (χ2v) is 7.53. The normalized spacial score (nSPS) is 13.9. The Balaban J connectivity index is 2.06. The molecule has 5 nitrogen and oxygen atoms in total. The Kier molecular flexibility index (Phi) is 5.25. The average molecular weight is 352 g/mol. The van der Waals surface area contributed by atoms with Crippen molar-refractivity contribution in [1.29, 1.82) is 0 Å². The molecule has 0 atom stereocenters. The fourth-order valence-corrected chi connectivity index (χ4v) is 3.20. The first-order valence-corrected chi connectivity index (χ1v) is 9.35. The van der Waals surface area contributed by atoms with Crippen molar-refractivity contribution in [2.45, 2.75) is 46.7 Å².